The van der Waals surface area contributed by atoms with Crippen LogP contribution < -0.4 is 4.90 Å². The van der Waals surface area contributed by atoms with Crippen molar-refractivity contribution in [3.8, 4) is 0 Å². The van der Waals surface area contributed by atoms with E-state index in [0.717, 1.165) is 5.69 Å². The lowest BCUT2D eigenvalue weighted by Gasteiger charge is -2.17. The Morgan fingerprint density at radius 1 is 1.47 bits per heavy atom. The number of hydrogen-bond acceptors (Lipinski definition) is 4. The molecule has 1 atom stereocenters. The van der Waals surface area contributed by atoms with Gasteiger partial charge in [-0.25, -0.2) is 4.98 Å². The molecule has 1 amide bonds. The molecule has 5 heteroatoms. The predicted octanol–water partition coefficient (Wildman–Crippen LogP) is 2.59. The molecule has 1 aromatic heterocycles. The summed E-state index contributed by atoms with van der Waals surface area (Å²) in [5.41, 5.74) is 0.980. The maximum atomic E-state index is 12.0. The van der Waals surface area contributed by atoms with Crippen LogP contribution in [-0.2, 0) is 9.59 Å². The summed E-state index contributed by atoms with van der Waals surface area (Å²) in [6.45, 7) is 6.26. The van der Waals surface area contributed by atoms with Crippen molar-refractivity contribution in [2.24, 2.45) is 0 Å². The van der Waals surface area contributed by atoms with Crippen LogP contribution in [0.2, 0.25) is 0 Å². The highest BCUT2D eigenvalue weighted by atomic mass is 32.2. The van der Waals surface area contributed by atoms with Gasteiger partial charge in [0.15, 0.2) is 5.12 Å². The zero-order valence-electron chi connectivity index (χ0n) is 11.4. The van der Waals surface area contributed by atoms with E-state index in [2.05, 4.69) is 18.8 Å². The van der Waals surface area contributed by atoms with E-state index in [4.69, 9.17) is 0 Å². The summed E-state index contributed by atoms with van der Waals surface area (Å²) in [6, 6.07) is 5.75. The van der Waals surface area contributed by atoms with Crippen LogP contribution in [0.3, 0.4) is 0 Å². The van der Waals surface area contributed by atoms with Crippen molar-refractivity contribution in [2.75, 3.05) is 11.4 Å². The molecule has 1 aliphatic rings. The summed E-state index contributed by atoms with van der Waals surface area (Å²) in [6.07, 6.45) is 0.415. The predicted molar refractivity (Wildman–Crippen MR) is 77.4 cm³/mol. The first kappa shape index (κ1) is 14.1. The van der Waals surface area contributed by atoms with Crippen LogP contribution in [0.15, 0.2) is 18.2 Å². The van der Waals surface area contributed by atoms with Crippen molar-refractivity contribution in [2.45, 2.75) is 38.4 Å². The fraction of sp³-hybridized carbons (Fsp3) is 0.500. The number of aromatic nitrogens is 1. The Balaban J connectivity index is 2.16. The van der Waals surface area contributed by atoms with Gasteiger partial charge in [0.05, 0.1) is 0 Å². The largest absolute Gasteiger partial charge is 0.296 e. The molecule has 1 aromatic rings. The Morgan fingerprint density at radius 2 is 2.21 bits per heavy atom. The van der Waals surface area contributed by atoms with Crippen LogP contribution in [0.5, 0.6) is 0 Å². The van der Waals surface area contributed by atoms with Crippen molar-refractivity contribution in [3.05, 3.63) is 23.9 Å². The highest BCUT2D eigenvalue weighted by Crippen LogP contribution is 2.28. The highest BCUT2D eigenvalue weighted by molar-refractivity contribution is 8.14. The first-order chi connectivity index (χ1) is 8.97. The molecule has 0 aliphatic carbocycles. The number of thioether (sulfide) groups is 1. The Kier molecular flexibility index (Phi) is 4.24. The molecular weight excluding hydrogens is 260 g/mol. The van der Waals surface area contributed by atoms with Crippen LogP contribution >= 0.6 is 11.8 Å². The van der Waals surface area contributed by atoms with Crippen LogP contribution in [0.4, 0.5) is 5.82 Å². The standard InChI is InChI=1S/C14H18N2O2S/c1-9(2)12-5-4-6-13(15-12)16-8-11(7-14(16)18)19-10(3)17/h4-6,9,11H,7-8H2,1-3H3. The van der Waals surface area contributed by atoms with Gasteiger partial charge in [0.25, 0.3) is 0 Å². The molecule has 1 fully saturated rings. The van der Waals surface area contributed by atoms with Crippen LogP contribution in [-0.4, -0.2) is 27.8 Å². The molecule has 0 aromatic carbocycles. The quantitative estimate of drug-likeness (QED) is 0.852. The smallest absolute Gasteiger partial charge is 0.229 e. The van der Waals surface area contributed by atoms with E-state index in [1.54, 1.807) is 4.90 Å². The number of amides is 1. The summed E-state index contributed by atoms with van der Waals surface area (Å²) in [4.78, 5) is 29.3. The summed E-state index contributed by atoms with van der Waals surface area (Å²) < 4.78 is 0. The highest BCUT2D eigenvalue weighted by Gasteiger charge is 2.32. The van der Waals surface area contributed by atoms with Crippen molar-refractivity contribution >= 4 is 28.6 Å². The number of anilines is 1. The van der Waals surface area contributed by atoms with Gasteiger partial charge in [0, 0.05) is 30.8 Å². The lowest BCUT2D eigenvalue weighted by atomic mass is 10.1. The number of rotatable bonds is 3. The summed E-state index contributed by atoms with van der Waals surface area (Å²) >= 11 is 1.25. The first-order valence-electron chi connectivity index (χ1n) is 6.42. The molecule has 102 valence electrons. The monoisotopic (exact) mass is 278 g/mol. The minimum Gasteiger partial charge on any atom is -0.296 e. The minimum atomic E-state index is 0.0483. The molecule has 1 saturated heterocycles. The van der Waals surface area contributed by atoms with E-state index in [1.807, 2.05) is 18.2 Å². The van der Waals surface area contributed by atoms with Gasteiger partial charge in [0.1, 0.15) is 5.82 Å². The topological polar surface area (TPSA) is 50.3 Å². The molecule has 0 spiro atoms. The third-order valence-electron chi connectivity index (χ3n) is 3.05. The molecule has 0 radical (unpaired) electrons. The SMILES string of the molecule is CC(=O)SC1CC(=O)N(c2cccc(C(C)C)n2)C1. The molecule has 19 heavy (non-hydrogen) atoms. The fourth-order valence-electron chi connectivity index (χ4n) is 2.12. The van der Waals surface area contributed by atoms with Crippen molar-refractivity contribution in [3.63, 3.8) is 0 Å². The third-order valence-corrected chi connectivity index (χ3v) is 4.03. The van der Waals surface area contributed by atoms with Crippen LogP contribution in [0.1, 0.15) is 38.8 Å². The Hall–Kier alpha value is -1.36. The number of carbonyl (C=O) groups excluding carboxylic acids is 2. The van der Waals surface area contributed by atoms with E-state index in [-0.39, 0.29) is 16.3 Å². The Bertz CT molecular complexity index is 502. The second-order valence-electron chi connectivity index (χ2n) is 5.02. The van der Waals surface area contributed by atoms with Crippen LogP contribution in [0.25, 0.3) is 0 Å². The lowest BCUT2D eigenvalue weighted by molar-refractivity contribution is -0.117. The maximum absolute atomic E-state index is 12.0. The van der Waals surface area contributed by atoms with E-state index in [1.165, 1.54) is 18.7 Å². The van der Waals surface area contributed by atoms with Gasteiger partial charge in [0.2, 0.25) is 5.91 Å². The zero-order chi connectivity index (χ0) is 14.0. The normalized spacial score (nSPS) is 19.3. The zero-order valence-corrected chi connectivity index (χ0v) is 12.2. The lowest BCUT2D eigenvalue weighted by Crippen LogP contribution is -2.26. The summed E-state index contributed by atoms with van der Waals surface area (Å²) in [5.74, 6) is 1.08. The van der Waals surface area contributed by atoms with E-state index < -0.39 is 0 Å². The van der Waals surface area contributed by atoms with E-state index >= 15 is 0 Å². The second-order valence-corrected chi connectivity index (χ2v) is 6.49. The number of carbonyl (C=O) groups is 2. The van der Waals surface area contributed by atoms with Gasteiger partial charge in [-0.05, 0) is 18.1 Å². The molecule has 1 aliphatic heterocycles. The molecule has 0 saturated carbocycles. The molecule has 2 heterocycles. The minimum absolute atomic E-state index is 0.0483. The maximum Gasteiger partial charge on any atom is 0.229 e. The number of nitrogens with zero attached hydrogens (tertiary/aromatic N) is 2. The second kappa shape index (κ2) is 5.74. The average Bonchev–Trinajstić information content (AvgIpc) is 2.69. The van der Waals surface area contributed by atoms with Gasteiger partial charge in [-0.15, -0.1) is 0 Å². The molecular formula is C14H18N2O2S. The first-order valence-corrected chi connectivity index (χ1v) is 7.30. The average molecular weight is 278 g/mol. The van der Waals surface area contributed by atoms with Crippen molar-refractivity contribution in [1.29, 1.82) is 0 Å². The van der Waals surface area contributed by atoms with Crippen LogP contribution in [0, 0.1) is 0 Å². The van der Waals surface area contributed by atoms with E-state index in [0.29, 0.717) is 24.7 Å². The van der Waals surface area contributed by atoms with Crippen molar-refractivity contribution in [1.82, 2.24) is 4.98 Å². The molecule has 0 bridgehead atoms. The number of hydrogen-bond donors (Lipinski definition) is 0. The van der Waals surface area contributed by atoms with Gasteiger partial charge < -0.3 is 0 Å². The van der Waals surface area contributed by atoms with E-state index in [9.17, 15) is 9.59 Å². The molecule has 1 unspecified atom stereocenters. The third kappa shape index (κ3) is 3.35. The molecule has 4 nitrogen and oxygen atoms in total. The van der Waals surface area contributed by atoms with Gasteiger partial charge >= 0.3 is 0 Å². The summed E-state index contributed by atoms with van der Waals surface area (Å²) in [7, 11) is 0. The van der Waals surface area contributed by atoms with Crippen molar-refractivity contribution < 1.29 is 9.59 Å². The number of pyridine rings is 1. The summed E-state index contributed by atoms with van der Waals surface area (Å²) in [5, 5.41) is 0.109. The molecule has 0 N–H and O–H groups in total. The fourth-order valence-corrected chi connectivity index (χ4v) is 3.04. The van der Waals surface area contributed by atoms with Gasteiger partial charge in [-0.1, -0.05) is 31.7 Å². The molecule has 2 rings (SSSR count). The Labute approximate surface area is 117 Å². The van der Waals surface area contributed by atoms with Gasteiger partial charge in [-0.2, -0.15) is 0 Å². The Morgan fingerprint density at radius 3 is 2.84 bits per heavy atom. The van der Waals surface area contributed by atoms with Gasteiger partial charge in [-0.3, -0.25) is 14.5 Å².